The molecule has 0 amide bonds. The molecule has 6 nitrogen and oxygen atoms in total. The lowest BCUT2D eigenvalue weighted by Crippen LogP contribution is -2.19. The molecule has 1 unspecified atom stereocenters. The Bertz CT molecular complexity index is 189. The van der Waals surface area contributed by atoms with Crippen molar-refractivity contribution in [1.82, 2.24) is 0 Å². The van der Waals surface area contributed by atoms with E-state index in [1.807, 2.05) is 0 Å². The van der Waals surface area contributed by atoms with Crippen molar-refractivity contribution in [3.05, 3.63) is 0 Å². The van der Waals surface area contributed by atoms with E-state index in [1.54, 1.807) is 0 Å². The fraction of sp³-hybridized carbons (Fsp3) is 0.333. The molecule has 0 saturated heterocycles. The van der Waals surface area contributed by atoms with Crippen molar-refractivity contribution in [1.29, 1.82) is 0 Å². The second kappa shape index (κ2) is 3.96. The van der Waals surface area contributed by atoms with Gasteiger partial charge in [-0.25, -0.2) is 9.20 Å². The van der Waals surface area contributed by atoms with Crippen molar-refractivity contribution in [3.63, 3.8) is 0 Å². The monoisotopic (exact) mass is 166 g/mol. The number of carbonyl (C=O) groups is 1. The van der Waals surface area contributed by atoms with Gasteiger partial charge in [0.1, 0.15) is 6.54 Å². The van der Waals surface area contributed by atoms with E-state index in [-0.39, 0.29) is 0 Å². The van der Waals surface area contributed by atoms with Gasteiger partial charge in [0.15, 0.2) is 0 Å². The number of nitrogens with zero attached hydrogens (tertiary/aromatic N) is 1. The van der Waals surface area contributed by atoms with E-state index >= 15 is 0 Å². The number of rotatable bonds is 2. The Morgan fingerprint density at radius 3 is 2.50 bits per heavy atom. The first-order chi connectivity index (χ1) is 4.54. The first-order valence-corrected chi connectivity index (χ1v) is 3.27. The standard InChI is InChI=1S/C3H6N2O4S/c4-3(10(8)9)5-1-2(6)7/h1H2,(H2,4,5)(H,6,7)(H,8,9). The van der Waals surface area contributed by atoms with E-state index in [0.29, 0.717) is 0 Å². The lowest BCUT2D eigenvalue weighted by atomic mass is 10.7. The number of aliphatic imine (C=N–C) groups is 1. The van der Waals surface area contributed by atoms with Crippen molar-refractivity contribution in [2.75, 3.05) is 6.54 Å². The van der Waals surface area contributed by atoms with Crippen LogP contribution in [0.4, 0.5) is 0 Å². The molecular weight excluding hydrogens is 160 g/mol. The van der Waals surface area contributed by atoms with Crippen molar-refractivity contribution >= 4 is 22.2 Å². The van der Waals surface area contributed by atoms with Gasteiger partial charge in [-0.1, -0.05) is 0 Å². The van der Waals surface area contributed by atoms with E-state index in [1.165, 1.54) is 0 Å². The Morgan fingerprint density at radius 1 is 1.70 bits per heavy atom. The van der Waals surface area contributed by atoms with Gasteiger partial charge in [0.05, 0.1) is 0 Å². The van der Waals surface area contributed by atoms with Crippen LogP contribution in [0.15, 0.2) is 4.99 Å². The SMILES string of the molecule is NC(=NCC(=O)O)S(=O)O. The van der Waals surface area contributed by atoms with Gasteiger partial charge in [0.25, 0.3) is 0 Å². The number of aliphatic carboxylic acids is 1. The lowest BCUT2D eigenvalue weighted by molar-refractivity contribution is -0.135. The predicted octanol–water partition coefficient (Wildman–Crippen LogP) is -1.39. The highest BCUT2D eigenvalue weighted by molar-refractivity contribution is 7.95. The van der Waals surface area contributed by atoms with Crippen LogP contribution in [-0.4, -0.2) is 31.5 Å². The van der Waals surface area contributed by atoms with Crippen LogP contribution >= 0.6 is 0 Å². The topological polar surface area (TPSA) is 113 Å². The minimum atomic E-state index is -2.36. The van der Waals surface area contributed by atoms with Gasteiger partial charge in [0.2, 0.25) is 16.2 Å². The molecule has 0 aliphatic rings. The van der Waals surface area contributed by atoms with Crippen molar-refractivity contribution < 1.29 is 18.7 Å². The van der Waals surface area contributed by atoms with E-state index in [2.05, 4.69) is 4.99 Å². The molecule has 0 aromatic carbocycles. The van der Waals surface area contributed by atoms with E-state index < -0.39 is 28.8 Å². The molecule has 7 heteroatoms. The zero-order chi connectivity index (χ0) is 8.15. The van der Waals surface area contributed by atoms with Crippen LogP contribution in [0.2, 0.25) is 0 Å². The Kier molecular flexibility index (Phi) is 3.59. The Labute approximate surface area is 59.0 Å². The second-order valence-electron chi connectivity index (χ2n) is 1.30. The molecule has 0 bridgehead atoms. The van der Waals surface area contributed by atoms with Crippen LogP contribution in [0.25, 0.3) is 0 Å². The molecule has 0 heterocycles. The van der Waals surface area contributed by atoms with Crippen molar-refractivity contribution in [2.24, 2.45) is 10.7 Å². The summed E-state index contributed by atoms with van der Waals surface area (Å²) in [6.45, 7) is -0.585. The van der Waals surface area contributed by atoms with Gasteiger partial charge in [-0.3, -0.25) is 9.35 Å². The minimum absolute atomic E-state index is 0.581. The maximum atomic E-state index is 9.97. The van der Waals surface area contributed by atoms with E-state index in [0.717, 1.165) is 0 Å². The summed E-state index contributed by atoms with van der Waals surface area (Å²) in [5.41, 5.74) is 4.80. The van der Waals surface area contributed by atoms with Gasteiger partial charge >= 0.3 is 5.97 Å². The average Bonchev–Trinajstić information content (AvgIpc) is 1.82. The first-order valence-electron chi connectivity index (χ1n) is 2.16. The van der Waals surface area contributed by atoms with Crippen LogP contribution in [-0.2, 0) is 15.9 Å². The number of hydrogen-bond donors (Lipinski definition) is 3. The lowest BCUT2D eigenvalue weighted by Gasteiger charge is -1.89. The maximum Gasteiger partial charge on any atom is 0.325 e. The molecule has 0 aromatic rings. The number of nitrogens with two attached hydrogens (primary N) is 1. The van der Waals surface area contributed by atoms with E-state index in [9.17, 15) is 9.00 Å². The summed E-state index contributed by atoms with van der Waals surface area (Å²) in [5.74, 6) is -1.20. The van der Waals surface area contributed by atoms with Crippen LogP contribution < -0.4 is 5.73 Å². The molecular formula is C3H6N2O4S. The molecule has 1 atom stereocenters. The van der Waals surface area contributed by atoms with Crippen LogP contribution in [0, 0.1) is 0 Å². The Hall–Kier alpha value is -0.950. The van der Waals surface area contributed by atoms with Gasteiger partial charge in [-0.15, -0.1) is 0 Å². The summed E-state index contributed by atoms with van der Waals surface area (Å²) < 4.78 is 18.1. The third-order valence-electron chi connectivity index (χ3n) is 0.549. The number of amidine groups is 1. The van der Waals surface area contributed by atoms with Crippen molar-refractivity contribution in [3.8, 4) is 0 Å². The molecule has 0 spiro atoms. The molecule has 0 aliphatic carbocycles. The van der Waals surface area contributed by atoms with Gasteiger partial charge in [0, 0.05) is 0 Å². The van der Waals surface area contributed by atoms with Gasteiger partial charge in [-0.05, 0) is 0 Å². The Morgan fingerprint density at radius 2 is 2.20 bits per heavy atom. The highest BCUT2D eigenvalue weighted by Gasteiger charge is 2.00. The molecule has 0 saturated carbocycles. The van der Waals surface area contributed by atoms with E-state index in [4.69, 9.17) is 15.4 Å². The normalized spacial score (nSPS) is 14.7. The largest absolute Gasteiger partial charge is 0.480 e. The second-order valence-corrected chi connectivity index (χ2v) is 2.21. The van der Waals surface area contributed by atoms with Crippen LogP contribution in [0.3, 0.4) is 0 Å². The first kappa shape index (κ1) is 9.05. The van der Waals surface area contributed by atoms with Gasteiger partial charge < -0.3 is 10.8 Å². The Balaban J connectivity index is 3.92. The quantitative estimate of drug-likeness (QED) is 0.265. The zero-order valence-electron chi connectivity index (χ0n) is 4.85. The molecule has 0 aromatic heterocycles. The molecule has 0 aliphatic heterocycles. The average molecular weight is 166 g/mol. The minimum Gasteiger partial charge on any atom is -0.480 e. The third kappa shape index (κ3) is 3.98. The number of carboxylic acid groups (broad SMARTS) is 1. The summed E-state index contributed by atoms with van der Waals surface area (Å²) in [7, 11) is 0. The van der Waals surface area contributed by atoms with Crippen LogP contribution in [0.1, 0.15) is 0 Å². The molecule has 58 valence electrons. The zero-order valence-corrected chi connectivity index (χ0v) is 5.67. The predicted molar refractivity (Wildman–Crippen MR) is 34.9 cm³/mol. The highest BCUT2D eigenvalue weighted by atomic mass is 32.2. The fourth-order valence-corrected chi connectivity index (χ4v) is 0.376. The summed E-state index contributed by atoms with van der Waals surface area (Å²) in [4.78, 5) is 12.9. The summed E-state index contributed by atoms with van der Waals surface area (Å²) in [6.07, 6.45) is 0. The van der Waals surface area contributed by atoms with Crippen molar-refractivity contribution in [2.45, 2.75) is 0 Å². The third-order valence-corrected chi connectivity index (χ3v) is 1.04. The molecule has 4 N–H and O–H groups in total. The van der Waals surface area contributed by atoms with Gasteiger partial charge in [-0.2, -0.15) is 0 Å². The molecule has 0 radical (unpaired) electrons. The summed E-state index contributed by atoms with van der Waals surface area (Å²) >= 11 is -2.36. The van der Waals surface area contributed by atoms with Crippen LogP contribution in [0.5, 0.6) is 0 Å². The molecule has 0 fully saturated rings. The number of hydrogen-bond acceptors (Lipinski definition) is 3. The number of carboxylic acids is 1. The highest BCUT2D eigenvalue weighted by Crippen LogP contribution is 1.76. The summed E-state index contributed by atoms with van der Waals surface area (Å²) in [6, 6.07) is 0. The smallest absolute Gasteiger partial charge is 0.325 e. The fourth-order valence-electron chi connectivity index (χ4n) is 0.201. The molecule has 10 heavy (non-hydrogen) atoms. The summed E-state index contributed by atoms with van der Waals surface area (Å²) in [5, 5.41) is 7.42. The molecule has 0 rings (SSSR count). The maximum absolute atomic E-state index is 9.97.